The van der Waals surface area contributed by atoms with Crippen molar-refractivity contribution in [1.82, 2.24) is 14.6 Å². The molecule has 1 fully saturated rings. The summed E-state index contributed by atoms with van der Waals surface area (Å²) < 4.78 is 26.6. The van der Waals surface area contributed by atoms with Crippen LogP contribution in [0.3, 0.4) is 0 Å². The van der Waals surface area contributed by atoms with Gasteiger partial charge in [-0.25, -0.2) is 13.4 Å². The summed E-state index contributed by atoms with van der Waals surface area (Å²) in [6.07, 6.45) is 1.70. The topological polar surface area (TPSA) is 126 Å². The lowest BCUT2D eigenvalue weighted by Crippen LogP contribution is -2.50. The van der Waals surface area contributed by atoms with E-state index in [4.69, 9.17) is 0 Å². The number of aryl methyl sites for hydroxylation is 1. The first-order valence-electron chi connectivity index (χ1n) is 9.45. The summed E-state index contributed by atoms with van der Waals surface area (Å²) in [5.74, 6) is 0.0262. The standard InChI is InChI=1S/C19H23N5O5S/c1-15-5-6-16(14-17(15)24(26)27)19(25)21-8-13-30(28,29)23-11-9-22(10-12-23)18-4-2-3-7-20-18/h2-7,14H,8-13H2,1H3,(H,21,25). The zero-order valence-corrected chi connectivity index (χ0v) is 17.3. The van der Waals surface area contributed by atoms with Gasteiger partial charge in [-0.1, -0.05) is 12.1 Å². The predicted molar refractivity (Wildman–Crippen MR) is 112 cm³/mol. The molecule has 0 aliphatic carbocycles. The van der Waals surface area contributed by atoms with Crippen LogP contribution in [0, 0.1) is 17.0 Å². The van der Waals surface area contributed by atoms with E-state index in [2.05, 4.69) is 10.3 Å². The summed E-state index contributed by atoms with van der Waals surface area (Å²) >= 11 is 0. The normalized spacial score (nSPS) is 15.0. The molecule has 0 radical (unpaired) electrons. The van der Waals surface area contributed by atoms with E-state index in [1.807, 2.05) is 23.1 Å². The van der Waals surface area contributed by atoms with Crippen molar-refractivity contribution in [3.8, 4) is 0 Å². The van der Waals surface area contributed by atoms with Crippen molar-refractivity contribution in [2.24, 2.45) is 0 Å². The van der Waals surface area contributed by atoms with Crippen LogP contribution in [0.15, 0.2) is 42.6 Å². The number of hydrogen-bond acceptors (Lipinski definition) is 7. The predicted octanol–water partition coefficient (Wildman–Crippen LogP) is 1.18. The van der Waals surface area contributed by atoms with Gasteiger partial charge in [-0.3, -0.25) is 14.9 Å². The van der Waals surface area contributed by atoms with Crippen molar-refractivity contribution >= 4 is 27.4 Å². The maximum atomic E-state index is 12.6. The highest BCUT2D eigenvalue weighted by Gasteiger charge is 2.27. The number of rotatable bonds is 7. The number of nitro benzene ring substituents is 1. The highest BCUT2D eigenvalue weighted by molar-refractivity contribution is 7.89. The molecule has 11 heteroatoms. The number of pyridine rings is 1. The number of benzene rings is 1. The van der Waals surface area contributed by atoms with E-state index in [1.54, 1.807) is 13.1 Å². The van der Waals surface area contributed by atoms with Crippen molar-refractivity contribution < 1.29 is 18.1 Å². The number of hydrogen-bond donors (Lipinski definition) is 1. The molecule has 1 aliphatic heterocycles. The van der Waals surface area contributed by atoms with Gasteiger partial charge < -0.3 is 10.2 Å². The molecule has 0 unspecified atom stereocenters. The van der Waals surface area contributed by atoms with Crippen LogP contribution in [0.25, 0.3) is 0 Å². The number of nitrogens with one attached hydrogen (secondary N) is 1. The van der Waals surface area contributed by atoms with Crippen molar-refractivity contribution in [3.05, 3.63) is 63.8 Å². The molecule has 1 amide bonds. The van der Waals surface area contributed by atoms with Crippen molar-refractivity contribution in [2.45, 2.75) is 6.92 Å². The molecule has 1 aliphatic rings. The summed E-state index contributed by atoms with van der Waals surface area (Å²) in [6, 6.07) is 9.75. The van der Waals surface area contributed by atoms with Gasteiger partial charge >= 0.3 is 0 Å². The molecule has 10 nitrogen and oxygen atoms in total. The van der Waals surface area contributed by atoms with Gasteiger partial charge in [-0.2, -0.15) is 4.31 Å². The van der Waals surface area contributed by atoms with Crippen molar-refractivity contribution in [3.63, 3.8) is 0 Å². The number of nitro groups is 1. The van der Waals surface area contributed by atoms with Crippen LogP contribution < -0.4 is 10.2 Å². The number of amides is 1. The summed E-state index contributed by atoms with van der Waals surface area (Å²) in [5.41, 5.74) is 0.415. The zero-order valence-electron chi connectivity index (χ0n) is 16.5. The number of piperazine rings is 1. The third-order valence-electron chi connectivity index (χ3n) is 4.92. The molecule has 0 atom stereocenters. The number of nitrogens with zero attached hydrogens (tertiary/aromatic N) is 4. The molecule has 1 aromatic carbocycles. The van der Waals surface area contributed by atoms with Crippen molar-refractivity contribution in [1.29, 1.82) is 0 Å². The molecule has 0 saturated carbocycles. The van der Waals surface area contributed by atoms with Crippen LogP contribution in [-0.2, 0) is 10.0 Å². The summed E-state index contributed by atoms with van der Waals surface area (Å²) in [5, 5.41) is 13.5. The van der Waals surface area contributed by atoms with E-state index in [0.717, 1.165) is 5.82 Å². The van der Waals surface area contributed by atoms with Crippen LogP contribution in [0.5, 0.6) is 0 Å². The number of sulfonamides is 1. The first-order valence-corrected chi connectivity index (χ1v) is 11.1. The quantitative estimate of drug-likeness (QED) is 0.513. The van der Waals surface area contributed by atoms with Crippen LogP contribution in [0.2, 0.25) is 0 Å². The molecular weight excluding hydrogens is 410 g/mol. The lowest BCUT2D eigenvalue weighted by molar-refractivity contribution is -0.385. The fraction of sp³-hybridized carbons (Fsp3) is 0.368. The first-order chi connectivity index (χ1) is 14.3. The molecule has 3 rings (SSSR count). The van der Waals surface area contributed by atoms with Gasteiger partial charge in [-0.15, -0.1) is 0 Å². The van der Waals surface area contributed by atoms with Crippen LogP contribution >= 0.6 is 0 Å². The van der Waals surface area contributed by atoms with Gasteiger partial charge in [0, 0.05) is 56.1 Å². The minimum atomic E-state index is -3.53. The van der Waals surface area contributed by atoms with Gasteiger partial charge in [0.2, 0.25) is 10.0 Å². The molecule has 1 N–H and O–H groups in total. The average molecular weight is 433 g/mol. The molecule has 1 aromatic heterocycles. The molecule has 0 bridgehead atoms. The second-order valence-electron chi connectivity index (χ2n) is 6.90. The minimum Gasteiger partial charge on any atom is -0.354 e. The Labute approximate surface area is 174 Å². The molecule has 160 valence electrons. The maximum Gasteiger partial charge on any atom is 0.273 e. The fourth-order valence-electron chi connectivity index (χ4n) is 3.21. The SMILES string of the molecule is Cc1ccc(C(=O)NCCS(=O)(=O)N2CCN(c3ccccn3)CC2)cc1[N+](=O)[O-]. The van der Waals surface area contributed by atoms with E-state index < -0.39 is 20.9 Å². The van der Waals surface area contributed by atoms with Crippen LogP contribution in [0.4, 0.5) is 11.5 Å². The van der Waals surface area contributed by atoms with E-state index >= 15 is 0 Å². The number of carbonyl (C=O) groups is 1. The smallest absolute Gasteiger partial charge is 0.273 e. The third-order valence-corrected chi connectivity index (χ3v) is 6.79. The Morgan fingerprint density at radius 1 is 1.20 bits per heavy atom. The second-order valence-corrected chi connectivity index (χ2v) is 8.99. The molecule has 0 spiro atoms. The second kappa shape index (κ2) is 9.18. The van der Waals surface area contributed by atoms with E-state index in [0.29, 0.717) is 31.7 Å². The van der Waals surface area contributed by atoms with E-state index in [-0.39, 0.29) is 23.5 Å². The van der Waals surface area contributed by atoms with E-state index in [1.165, 1.54) is 22.5 Å². The Balaban J connectivity index is 1.51. The molecule has 1 saturated heterocycles. The minimum absolute atomic E-state index is 0.0801. The fourth-order valence-corrected chi connectivity index (χ4v) is 4.55. The Bertz CT molecular complexity index is 1020. The molecule has 30 heavy (non-hydrogen) atoms. The number of anilines is 1. The van der Waals surface area contributed by atoms with Crippen LogP contribution in [-0.4, -0.2) is 67.0 Å². The maximum absolute atomic E-state index is 12.6. The Kier molecular flexibility index (Phi) is 6.63. The summed E-state index contributed by atoms with van der Waals surface area (Å²) in [7, 11) is -3.53. The van der Waals surface area contributed by atoms with Gasteiger partial charge in [0.1, 0.15) is 5.82 Å². The average Bonchev–Trinajstić information content (AvgIpc) is 2.74. The first kappa shape index (κ1) is 21.7. The van der Waals surface area contributed by atoms with Gasteiger partial charge in [0.25, 0.3) is 11.6 Å². The Morgan fingerprint density at radius 3 is 2.57 bits per heavy atom. The highest BCUT2D eigenvalue weighted by atomic mass is 32.2. The van der Waals surface area contributed by atoms with Gasteiger partial charge in [0.05, 0.1) is 10.7 Å². The van der Waals surface area contributed by atoms with Crippen LogP contribution in [0.1, 0.15) is 15.9 Å². The molecule has 2 aromatic rings. The zero-order chi connectivity index (χ0) is 21.7. The number of carbonyl (C=O) groups excluding carboxylic acids is 1. The third kappa shape index (κ3) is 5.10. The van der Waals surface area contributed by atoms with Gasteiger partial charge in [-0.05, 0) is 25.1 Å². The number of aromatic nitrogens is 1. The highest BCUT2D eigenvalue weighted by Crippen LogP contribution is 2.19. The Hall–Kier alpha value is -3.05. The summed E-state index contributed by atoms with van der Waals surface area (Å²) in [6.45, 7) is 3.27. The lowest BCUT2D eigenvalue weighted by atomic mass is 10.1. The molecule has 2 heterocycles. The van der Waals surface area contributed by atoms with Crippen molar-refractivity contribution in [2.75, 3.05) is 43.4 Å². The Morgan fingerprint density at radius 2 is 1.93 bits per heavy atom. The lowest BCUT2D eigenvalue weighted by Gasteiger charge is -2.34. The molecular formula is C19H23N5O5S. The monoisotopic (exact) mass is 433 g/mol. The van der Waals surface area contributed by atoms with E-state index in [9.17, 15) is 23.3 Å². The largest absolute Gasteiger partial charge is 0.354 e. The summed E-state index contributed by atoms with van der Waals surface area (Å²) in [4.78, 5) is 29.0. The van der Waals surface area contributed by atoms with Gasteiger partial charge in [0.15, 0.2) is 0 Å².